The van der Waals surface area contributed by atoms with Crippen LogP contribution >= 0.6 is 0 Å². The van der Waals surface area contributed by atoms with Crippen molar-refractivity contribution in [1.29, 1.82) is 0 Å². The average molecular weight is 334 g/mol. The summed E-state index contributed by atoms with van der Waals surface area (Å²) in [6.07, 6.45) is 1.57. The number of aromatic nitrogens is 4. The molecule has 6 nitrogen and oxygen atoms in total. The number of hydrazone groups is 1. The van der Waals surface area contributed by atoms with E-state index >= 15 is 0 Å². The van der Waals surface area contributed by atoms with E-state index in [0.29, 0.717) is 5.95 Å². The molecule has 0 saturated carbocycles. The number of rotatable bonds is 4. The molecule has 0 spiro atoms. The molecule has 0 atom stereocenters. The molecule has 0 aliphatic carbocycles. The SMILES string of the molecule is CCn1c2ccccc2c2nnc(N/N=C\c3ccc(F)cc3)nc21. The molecular weight excluding hydrogens is 319 g/mol. The smallest absolute Gasteiger partial charge is 0.265 e. The van der Waals surface area contributed by atoms with Crippen LogP contribution in [-0.4, -0.2) is 26.0 Å². The Kier molecular flexibility index (Phi) is 3.81. The first-order valence-corrected chi connectivity index (χ1v) is 7.92. The van der Waals surface area contributed by atoms with Gasteiger partial charge in [-0.1, -0.05) is 30.3 Å². The highest BCUT2D eigenvalue weighted by molar-refractivity contribution is 6.04. The number of nitrogens with one attached hydrogen (secondary N) is 1. The van der Waals surface area contributed by atoms with Crippen molar-refractivity contribution in [3.63, 3.8) is 0 Å². The first kappa shape index (κ1) is 15.2. The van der Waals surface area contributed by atoms with Crippen molar-refractivity contribution in [2.24, 2.45) is 5.10 Å². The van der Waals surface area contributed by atoms with Crippen LogP contribution in [0.5, 0.6) is 0 Å². The summed E-state index contributed by atoms with van der Waals surface area (Å²) in [5.41, 5.74) is 6.15. The normalized spacial score (nSPS) is 11.6. The maximum absolute atomic E-state index is 12.9. The molecule has 0 unspecified atom stereocenters. The molecular formula is C18H15FN6. The van der Waals surface area contributed by atoms with Crippen molar-refractivity contribution in [2.45, 2.75) is 13.5 Å². The molecule has 25 heavy (non-hydrogen) atoms. The Morgan fingerprint density at radius 1 is 1.12 bits per heavy atom. The van der Waals surface area contributed by atoms with Gasteiger partial charge in [0.2, 0.25) is 0 Å². The van der Waals surface area contributed by atoms with Crippen LogP contribution in [0.2, 0.25) is 0 Å². The lowest BCUT2D eigenvalue weighted by atomic mass is 10.2. The van der Waals surface area contributed by atoms with Crippen LogP contribution in [-0.2, 0) is 6.54 Å². The van der Waals surface area contributed by atoms with Crippen molar-refractivity contribution in [2.75, 3.05) is 5.43 Å². The fourth-order valence-electron chi connectivity index (χ4n) is 2.78. The first-order valence-electron chi connectivity index (χ1n) is 7.92. The third-order valence-electron chi connectivity index (χ3n) is 3.94. The summed E-state index contributed by atoms with van der Waals surface area (Å²) in [5.74, 6) is 0.0267. The second kappa shape index (κ2) is 6.27. The van der Waals surface area contributed by atoms with Gasteiger partial charge in [-0.3, -0.25) is 0 Å². The lowest BCUT2D eigenvalue weighted by Gasteiger charge is -2.02. The minimum atomic E-state index is -0.282. The average Bonchev–Trinajstić information content (AvgIpc) is 2.96. The summed E-state index contributed by atoms with van der Waals surface area (Å²) in [5, 5.41) is 13.5. The van der Waals surface area contributed by atoms with E-state index in [1.54, 1.807) is 18.3 Å². The van der Waals surface area contributed by atoms with Crippen LogP contribution < -0.4 is 5.43 Å². The third kappa shape index (κ3) is 2.80. The monoisotopic (exact) mass is 334 g/mol. The molecule has 4 rings (SSSR count). The number of para-hydroxylation sites is 1. The number of halogens is 1. The van der Waals surface area contributed by atoms with Gasteiger partial charge in [0.25, 0.3) is 5.95 Å². The number of hydrogen-bond donors (Lipinski definition) is 1. The van der Waals surface area contributed by atoms with Gasteiger partial charge in [0.05, 0.1) is 11.7 Å². The Balaban J connectivity index is 1.67. The highest BCUT2D eigenvalue weighted by Crippen LogP contribution is 2.25. The Hall–Kier alpha value is -3.35. The lowest BCUT2D eigenvalue weighted by Crippen LogP contribution is -2.02. The van der Waals surface area contributed by atoms with Gasteiger partial charge in [-0.15, -0.1) is 10.2 Å². The highest BCUT2D eigenvalue weighted by atomic mass is 19.1. The van der Waals surface area contributed by atoms with Crippen molar-refractivity contribution < 1.29 is 4.39 Å². The maximum atomic E-state index is 12.9. The maximum Gasteiger partial charge on any atom is 0.265 e. The Labute approximate surface area is 143 Å². The quantitative estimate of drug-likeness (QED) is 0.457. The van der Waals surface area contributed by atoms with Crippen LogP contribution in [0.25, 0.3) is 22.1 Å². The van der Waals surface area contributed by atoms with Crippen molar-refractivity contribution in [3.8, 4) is 0 Å². The van der Waals surface area contributed by atoms with E-state index in [0.717, 1.165) is 34.2 Å². The summed E-state index contributed by atoms with van der Waals surface area (Å²) in [7, 11) is 0. The van der Waals surface area contributed by atoms with E-state index < -0.39 is 0 Å². The van der Waals surface area contributed by atoms with Crippen molar-refractivity contribution in [3.05, 3.63) is 59.9 Å². The summed E-state index contributed by atoms with van der Waals surface area (Å²) < 4.78 is 15.0. The summed E-state index contributed by atoms with van der Waals surface area (Å²) >= 11 is 0. The number of anilines is 1. The first-order chi connectivity index (χ1) is 12.3. The standard InChI is InChI=1S/C18H15FN6/c1-2-25-15-6-4-3-5-14(15)16-17(25)21-18(24-22-16)23-20-11-12-7-9-13(19)10-8-12/h3-11H,2H2,1H3,(H,21,23,24)/b20-11-. The molecule has 0 aliphatic heterocycles. The van der Waals surface area contributed by atoms with E-state index in [2.05, 4.69) is 37.2 Å². The van der Waals surface area contributed by atoms with Gasteiger partial charge < -0.3 is 4.57 Å². The second-order valence-electron chi connectivity index (χ2n) is 5.49. The Bertz CT molecular complexity index is 1070. The van der Waals surface area contributed by atoms with Gasteiger partial charge in [0.1, 0.15) is 11.3 Å². The van der Waals surface area contributed by atoms with Gasteiger partial charge in [0.15, 0.2) is 5.65 Å². The Morgan fingerprint density at radius 3 is 2.72 bits per heavy atom. The zero-order chi connectivity index (χ0) is 17.2. The van der Waals surface area contributed by atoms with Gasteiger partial charge in [-0.25, -0.2) is 9.82 Å². The molecule has 2 aromatic carbocycles. The molecule has 124 valence electrons. The van der Waals surface area contributed by atoms with Crippen LogP contribution in [0, 0.1) is 5.82 Å². The molecule has 7 heteroatoms. The van der Waals surface area contributed by atoms with Crippen LogP contribution in [0.3, 0.4) is 0 Å². The van der Waals surface area contributed by atoms with E-state index in [1.807, 2.05) is 24.3 Å². The van der Waals surface area contributed by atoms with Crippen LogP contribution in [0.4, 0.5) is 10.3 Å². The summed E-state index contributed by atoms with van der Waals surface area (Å²) in [6, 6.07) is 14.1. The number of nitrogens with zero attached hydrogens (tertiary/aromatic N) is 5. The summed E-state index contributed by atoms with van der Waals surface area (Å²) in [6.45, 7) is 2.84. The second-order valence-corrected chi connectivity index (χ2v) is 5.49. The zero-order valence-corrected chi connectivity index (χ0v) is 13.5. The molecule has 0 radical (unpaired) electrons. The Morgan fingerprint density at radius 2 is 1.92 bits per heavy atom. The van der Waals surface area contributed by atoms with Gasteiger partial charge in [0, 0.05) is 11.9 Å². The van der Waals surface area contributed by atoms with E-state index in [9.17, 15) is 4.39 Å². The molecule has 0 aliphatic rings. The highest BCUT2D eigenvalue weighted by Gasteiger charge is 2.13. The molecule has 1 N–H and O–H groups in total. The fraction of sp³-hybridized carbons (Fsp3) is 0.111. The third-order valence-corrected chi connectivity index (χ3v) is 3.94. The number of benzene rings is 2. The zero-order valence-electron chi connectivity index (χ0n) is 13.5. The predicted octanol–water partition coefficient (Wildman–Crippen LogP) is 3.58. The number of fused-ring (bicyclic) bond motifs is 3. The van der Waals surface area contributed by atoms with Crippen molar-refractivity contribution >= 4 is 34.2 Å². The van der Waals surface area contributed by atoms with Crippen molar-refractivity contribution in [1.82, 2.24) is 19.7 Å². The van der Waals surface area contributed by atoms with E-state index in [-0.39, 0.29) is 5.82 Å². The number of aryl methyl sites for hydroxylation is 1. The fourth-order valence-corrected chi connectivity index (χ4v) is 2.78. The van der Waals surface area contributed by atoms with Gasteiger partial charge in [-0.2, -0.15) is 10.1 Å². The molecule has 0 saturated heterocycles. The molecule has 2 heterocycles. The molecule has 4 aromatic rings. The van der Waals surface area contributed by atoms with E-state index in [4.69, 9.17) is 0 Å². The molecule has 2 aromatic heterocycles. The lowest BCUT2D eigenvalue weighted by molar-refractivity contribution is 0.628. The molecule has 0 bridgehead atoms. The van der Waals surface area contributed by atoms with Gasteiger partial charge in [-0.05, 0) is 30.7 Å². The minimum Gasteiger partial charge on any atom is -0.324 e. The van der Waals surface area contributed by atoms with Crippen LogP contribution in [0.15, 0.2) is 53.6 Å². The largest absolute Gasteiger partial charge is 0.324 e. The summed E-state index contributed by atoms with van der Waals surface area (Å²) in [4.78, 5) is 4.53. The van der Waals surface area contributed by atoms with E-state index in [1.165, 1.54) is 12.1 Å². The van der Waals surface area contributed by atoms with Gasteiger partial charge >= 0.3 is 0 Å². The predicted molar refractivity (Wildman–Crippen MR) is 96.1 cm³/mol. The molecule has 0 fully saturated rings. The minimum absolute atomic E-state index is 0.282. The number of hydrogen-bond acceptors (Lipinski definition) is 5. The topological polar surface area (TPSA) is 68.0 Å². The molecule has 0 amide bonds. The van der Waals surface area contributed by atoms with Crippen LogP contribution in [0.1, 0.15) is 12.5 Å².